The zero-order chi connectivity index (χ0) is 24.7. The van der Waals surface area contributed by atoms with E-state index in [0.717, 1.165) is 58.7 Å². The van der Waals surface area contributed by atoms with Crippen molar-refractivity contribution >= 4 is 22.5 Å². The molecule has 6 rings (SSSR count). The van der Waals surface area contributed by atoms with E-state index in [1.165, 1.54) is 24.0 Å². The Morgan fingerprint density at radius 1 is 1.00 bits per heavy atom. The highest BCUT2D eigenvalue weighted by Gasteiger charge is 2.35. The summed E-state index contributed by atoms with van der Waals surface area (Å²) in [6, 6.07) is 18.6. The summed E-state index contributed by atoms with van der Waals surface area (Å²) in [5.41, 5.74) is 6.34. The standard InChI is InChI=1S/C30H32N4O2/c1-30(2)17-24-21(19-13-15-31-16-14-19)11-12-25(28(24)36-30)33-29-32-18-20-7-6-9-23(27(20)34-29)22-8-4-5-10-26(22)35-3/h4-12,18-19,31H,13-17H2,1-3H3,(H,32,33,34). The van der Waals surface area contributed by atoms with Crippen LogP contribution in [-0.2, 0) is 6.42 Å². The number of nitrogens with zero attached hydrogens (tertiary/aromatic N) is 2. The van der Waals surface area contributed by atoms with Crippen LogP contribution >= 0.6 is 0 Å². The Morgan fingerprint density at radius 2 is 1.81 bits per heavy atom. The van der Waals surface area contributed by atoms with Crippen molar-refractivity contribution in [2.24, 2.45) is 0 Å². The number of hydrogen-bond acceptors (Lipinski definition) is 6. The lowest BCUT2D eigenvalue weighted by molar-refractivity contribution is 0.139. The predicted molar refractivity (Wildman–Crippen MR) is 145 cm³/mol. The van der Waals surface area contributed by atoms with Gasteiger partial charge in [-0.15, -0.1) is 0 Å². The maximum absolute atomic E-state index is 6.49. The second-order valence-corrected chi connectivity index (χ2v) is 10.3. The van der Waals surface area contributed by atoms with Crippen molar-refractivity contribution in [3.05, 3.63) is 71.9 Å². The molecule has 0 aliphatic carbocycles. The molecular weight excluding hydrogens is 448 g/mol. The number of ether oxygens (including phenoxy) is 2. The number of hydrogen-bond donors (Lipinski definition) is 2. The van der Waals surface area contributed by atoms with E-state index in [2.05, 4.69) is 53.7 Å². The number of nitrogens with one attached hydrogen (secondary N) is 2. The highest BCUT2D eigenvalue weighted by Crippen LogP contribution is 2.46. The van der Waals surface area contributed by atoms with Crippen LogP contribution in [0.4, 0.5) is 11.6 Å². The first-order chi connectivity index (χ1) is 17.5. The molecule has 0 saturated carbocycles. The third-order valence-electron chi connectivity index (χ3n) is 7.31. The first-order valence-corrected chi connectivity index (χ1v) is 12.7. The zero-order valence-electron chi connectivity index (χ0n) is 21.1. The smallest absolute Gasteiger partial charge is 0.227 e. The van der Waals surface area contributed by atoms with E-state index in [9.17, 15) is 0 Å². The van der Waals surface area contributed by atoms with Gasteiger partial charge in [-0.1, -0.05) is 42.5 Å². The average Bonchev–Trinajstić information content (AvgIpc) is 3.24. The molecule has 3 aromatic carbocycles. The summed E-state index contributed by atoms with van der Waals surface area (Å²) in [4.78, 5) is 9.59. The highest BCUT2D eigenvalue weighted by atomic mass is 16.5. The molecule has 36 heavy (non-hydrogen) atoms. The molecule has 1 fully saturated rings. The molecule has 0 unspecified atom stereocenters. The molecule has 0 bridgehead atoms. The third kappa shape index (κ3) is 4.16. The fraction of sp³-hybridized carbons (Fsp3) is 0.333. The number of piperidine rings is 1. The van der Waals surface area contributed by atoms with Gasteiger partial charge in [0.2, 0.25) is 5.95 Å². The highest BCUT2D eigenvalue weighted by molar-refractivity contribution is 5.95. The lowest BCUT2D eigenvalue weighted by Gasteiger charge is -2.25. The third-order valence-corrected chi connectivity index (χ3v) is 7.31. The number of fused-ring (bicyclic) bond motifs is 2. The van der Waals surface area contributed by atoms with Crippen molar-refractivity contribution in [3.8, 4) is 22.6 Å². The molecule has 184 valence electrons. The molecule has 6 heteroatoms. The van der Waals surface area contributed by atoms with Crippen LogP contribution in [0.25, 0.3) is 22.0 Å². The molecule has 3 heterocycles. The number of methoxy groups -OCH3 is 1. The molecule has 2 aliphatic rings. The Hall–Kier alpha value is -3.64. The minimum absolute atomic E-state index is 0.233. The van der Waals surface area contributed by atoms with Gasteiger partial charge in [0.25, 0.3) is 0 Å². The number of para-hydroxylation sites is 2. The van der Waals surface area contributed by atoms with Crippen molar-refractivity contribution in [2.45, 2.75) is 44.6 Å². The summed E-state index contributed by atoms with van der Waals surface area (Å²) >= 11 is 0. The minimum atomic E-state index is -0.233. The molecule has 0 atom stereocenters. The van der Waals surface area contributed by atoms with Gasteiger partial charge >= 0.3 is 0 Å². The number of anilines is 2. The fourth-order valence-corrected chi connectivity index (χ4v) is 5.61. The van der Waals surface area contributed by atoms with Crippen molar-refractivity contribution in [1.29, 1.82) is 0 Å². The van der Waals surface area contributed by atoms with Gasteiger partial charge < -0.3 is 20.1 Å². The maximum atomic E-state index is 6.49. The van der Waals surface area contributed by atoms with Crippen LogP contribution in [0.15, 0.2) is 60.8 Å². The van der Waals surface area contributed by atoms with Crippen molar-refractivity contribution in [3.63, 3.8) is 0 Å². The second-order valence-electron chi connectivity index (χ2n) is 10.3. The summed E-state index contributed by atoms with van der Waals surface area (Å²) < 4.78 is 12.1. The second kappa shape index (κ2) is 9.10. The predicted octanol–water partition coefficient (Wildman–Crippen LogP) is 6.23. The summed E-state index contributed by atoms with van der Waals surface area (Å²) in [5, 5.41) is 7.94. The summed E-state index contributed by atoms with van der Waals surface area (Å²) in [7, 11) is 1.70. The number of aromatic nitrogens is 2. The van der Waals surface area contributed by atoms with Crippen LogP contribution in [0, 0.1) is 0 Å². The quantitative estimate of drug-likeness (QED) is 0.353. The van der Waals surface area contributed by atoms with Crippen LogP contribution in [0.5, 0.6) is 11.5 Å². The Balaban J connectivity index is 1.40. The number of rotatable bonds is 5. The lowest BCUT2D eigenvalue weighted by Crippen LogP contribution is -2.27. The normalized spacial score (nSPS) is 17.0. The lowest BCUT2D eigenvalue weighted by atomic mass is 9.84. The van der Waals surface area contributed by atoms with Gasteiger partial charge in [-0.3, -0.25) is 0 Å². The van der Waals surface area contributed by atoms with Crippen molar-refractivity contribution < 1.29 is 9.47 Å². The topological polar surface area (TPSA) is 68.3 Å². The van der Waals surface area contributed by atoms with Crippen molar-refractivity contribution in [2.75, 3.05) is 25.5 Å². The molecule has 0 amide bonds. The fourth-order valence-electron chi connectivity index (χ4n) is 5.61. The Labute approximate surface area is 212 Å². The van der Waals surface area contributed by atoms with E-state index < -0.39 is 0 Å². The van der Waals surface area contributed by atoms with E-state index in [-0.39, 0.29) is 5.60 Å². The van der Waals surface area contributed by atoms with E-state index >= 15 is 0 Å². The van der Waals surface area contributed by atoms with Crippen LogP contribution in [0.2, 0.25) is 0 Å². The van der Waals surface area contributed by atoms with Crippen molar-refractivity contribution in [1.82, 2.24) is 15.3 Å². The molecule has 1 saturated heterocycles. The summed E-state index contributed by atoms with van der Waals surface area (Å²) in [5.74, 6) is 2.89. The minimum Gasteiger partial charge on any atom is -0.496 e. The van der Waals surface area contributed by atoms with E-state index in [1.54, 1.807) is 7.11 Å². The van der Waals surface area contributed by atoms with Gasteiger partial charge in [-0.05, 0) is 63.4 Å². The van der Waals surface area contributed by atoms with E-state index in [0.29, 0.717) is 11.9 Å². The van der Waals surface area contributed by atoms with Crippen LogP contribution in [-0.4, -0.2) is 35.8 Å². The van der Waals surface area contributed by atoms with E-state index in [1.807, 2.05) is 36.5 Å². The molecule has 0 spiro atoms. The first-order valence-electron chi connectivity index (χ1n) is 12.7. The van der Waals surface area contributed by atoms with Crippen LogP contribution in [0.3, 0.4) is 0 Å². The monoisotopic (exact) mass is 480 g/mol. The van der Waals surface area contributed by atoms with Crippen LogP contribution < -0.4 is 20.1 Å². The summed E-state index contributed by atoms with van der Waals surface area (Å²) in [6.07, 6.45) is 5.12. The molecule has 2 aliphatic heterocycles. The van der Waals surface area contributed by atoms with Gasteiger partial charge in [0, 0.05) is 34.7 Å². The molecular formula is C30H32N4O2. The summed E-state index contributed by atoms with van der Waals surface area (Å²) in [6.45, 7) is 6.47. The van der Waals surface area contributed by atoms with Gasteiger partial charge in [-0.2, -0.15) is 0 Å². The van der Waals surface area contributed by atoms with E-state index in [4.69, 9.17) is 14.5 Å². The zero-order valence-corrected chi connectivity index (χ0v) is 21.1. The Morgan fingerprint density at radius 3 is 2.64 bits per heavy atom. The van der Waals surface area contributed by atoms with Gasteiger partial charge in [-0.25, -0.2) is 9.97 Å². The average molecular weight is 481 g/mol. The largest absolute Gasteiger partial charge is 0.496 e. The Bertz CT molecular complexity index is 1430. The molecule has 6 nitrogen and oxygen atoms in total. The Kier molecular flexibility index (Phi) is 5.76. The number of benzene rings is 3. The van der Waals surface area contributed by atoms with Gasteiger partial charge in [0.05, 0.1) is 18.3 Å². The molecule has 0 radical (unpaired) electrons. The molecule has 4 aromatic rings. The first kappa shape index (κ1) is 22.8. The van der Waals surface area contributed by atoms with Gasteiger partial charge in [0.1, 0.15) is 17.1 Å². The molecule has 2 N–H and O–H groups in total. The van der Waals surface area contributed by atoms with Crippen LogP contribution in [0.1, 0.15) is 43.7 Å². The van der Waals surface area contributed by atoms with Gasteiger partial charge in [0.15, 0.2) is 0 Å². The maximum Gasteiger partial charge on any atom is 0.227 e. The molecule has 1 aromatic heterocycles. The SMILES string of the molecule is COc1ccccc1-c1cccc2cnc(Nc3ccc(C4CCNCC4)c4c3OC(C)(C)C4)nc12.